The number of aromatic nitrogens is 3. The van der Waals surface area contributed by atoms with Gasteiger partial charge in [0.05, 0.1) is 17.1 Å². The van der Waals surface area contributed by atoms with Gasteiger partial charge in [0.1, 0.15) is 11.6 Å². The van der Waals surface area contributed by atoms with Crippen LogP contribution in [0, 0.1) is 10.8 Å². The Morgan fingerprint density at radius 1 is 0.689 bits per heavy atom. The summed E-state index contributed by atoms with van der Waals surface area (Å²) < 4.78 is 0. The molecule has 0 radical (unpaired) electrons. The fourth-order valence-electron chi connectivity index (χ4n) is 3.23. The van der Waals surface area contributed by atoms with Crippen molar-refractivity contribution >= 4 is 23.5 Å². The number of anilines is 2. The molecule has 3 aromatic heterocycles. The van der Waals surface area contributed by atoms with E-state index >= 15 is 0 Å². The summed E-state index contributed by atoms with van der Waals surface area (Å²) in [5.74, 6) is 0.872. The van der Waals surface area contributed by atoms with Crippen LogP contribution in [0.2, 0.25) is 0 Å². The Morgan fingerprint density at radius 3 is 1.38 bits per heavy atom. The SMILES string of the molecule is CC(C)(C)C(=O)Nc1cccc(CN(Cc2ccccn2)Cc2cccc(NC(=O)C(C)(C)C)n2)n1.CO.[Co+3].[N-]=[N+]=[N-].[N-]=[N+]=[N-]. The second-order valence-corrected chi connectivity index (χ2v) is 11.1. The Labute approximate surface area is 273 Å². The first kappa shape index (κ1) is 42.6. The second-order valence-electron chi connectivity index (χ2n) is 11.1. The molecular formula is C29H40CoN12O3+. The van der Waals surface area contributed by atoms with E-state index in [4.69, 9.17) is 27.2 Å². The normalized spacial score (nSPS) is 9.98. The summed E-state index contributed by atoms with van der Waals surface area (Å²) in [5.41, 5.74) is 28.5. The smallest absolute Gasteiger partial charge is 0.400 e. The fourth-order valence-corrected chi connectivity index (χ4v) is 3.23. The standard InChI is InChI=1S/C28H36N6O2.CH4O.Co.2N3/c1-27(2,3)25(35)32-23-14-9-12-21(30-23)18-34(17-20-11-7-8-16-29-20)19-22-13-10-15-24(31-22)33-26(36)28(4,5)6;1-2;;2*1-3-2/h7-16H,17-19H2,1-6H3,(H,30,32,35)(H,31,33,36);2H,1H3;;;/q;;+3;2*-1. The minimum absolute atomic E-state index is 0. The number of aliphatic hydroxyl groups excluding tert-OH is 1. The molecule has 3 rings (SSSR count). The van der Waals surface area contributed by atoms with E-state index in [0.29, 0.717) is 31.3 Å². The summed E-state index contributed by atoms with van der Waals surface area (Å²) in [5, 5.41) is 12.8. The van der Waals surface area contributed by atoms with E-state index in [2.05, 4.69) is 30.5 Å². The summed E-state index contributed by atoms with van der Waals surface area (Å²) in [6.07, 6.45) is 1.77. The van der Waals surface area contributed by atoms with Gasteiger partial charge in [-0.2, -0.15) is 0 Å². The van der Waals surface area contributed by atoms with Gasteiger partial charge in [0, 0.05) is 43.8 Å². The monoisotopic (exact) mass is 663 g/mol. The van der Waals surface area contributed by atoms with Crippen molar-refractivity contribution in [3.05, 3.63) is 110 Å². The number of carbonyl (C=O) groups is 2. The maximum absolute atomic E-state index is 12.4. The second kappa shape index (κ2) is 22.0. The van der Waals surface area contributed by atoms with Crippen molar-refractivity contribution in [1.29, 1.82) is 0 Å². The fraction of sp³-hybridized carbons (Fsp3) is 0.414. The van der Waals surface area contributed by atoms with Gasteiger partial charge in [-0.05, 0) is 36.4 Å². The number of nitrogens with one attached hydrogen (secondary N) is 2. The average Bonchev–Trinajstić information content (AvgIpc) is 2.95. The third-order valence-electron chi connectivity index (χ3n) is 5.34. The van der Waals surface area contributed by atoms with Gasteiger partial charge in [0.15, 0.2) is 0 Å². The summed E-state index contributed by atoms with van der Waals surface area (Å²) in [4.78, 5) is 43.8. The molecule has 0 aliphatic carbocycles. The van der Waals surface area contributed by atoms with Gasteiger partial charge in [-0.1, -0.05) is 59.7 Å². The number of aliphatic hydroxyl groups is 1. The van der Waals surface area contributed by atoms with Gasteiger partial charge in [0.2, 0.25) is 11.8 Å². The summed E-state index contributed by atoms with van der Waals surface area (Å²) in [6, 6.07) is 17.1. The van der Waals surface area contributed by atoms with Crippen LogP contribution in [0.5, 0.6) is 0 Å². The zero-order chi connectivity index (χ0) is 33.8. The van der Waals surface area contributed by atoms with Crippen molar-refractivity contribution in [1.82, 2.24) is 19.9 Å². The molecule has 3 heterocycles. The molecule has 45 heavy (non-hydrogen) atoms. The van der Waals surface area contributed by atoms with Crippen LogP contribution in [0.3, 0.4) is 0 Å². The Bertz CT molecular complexity index is 1300. The van der Waals surface area contributed by atoms with Crippen molar-refractivity contribution in [2.75, 3.05) is 17.7 Å². The Morgan fingerprint density at radius 2 is 1.04 bits per heavy atom. The van der Waals surface area contributed by atoms with E-state index < -0.39 is 10.8 Å². The van der Waals surface area contributed by atoms with E-state index in [1.54, 1.807) is 18.3 Å². The third kappa shape index (κ3) is 18.0. The zero-order valence-corrected chi connectivity index (χ0v) is 27.5. The molecule has 242 valence electrons. The van der Waals surface area contributed by atoms with E-state index in [1.165, 1.54) is 9.82 Å². The van der Waals surface area contributed by atoms with Crippen LogP contribution in [0.1, 0.15) is 58.6 Å². The van der Waals surface area contributed by atoms with Crippen LogP contribution in [0.15, 0.2) is 60.8 Å². The molecule has 2 amide bonds. The summed E-state index contributed by atoms with van der Waals surface area (Å²) >= 11 is 0. The molecule has 0 bridgehead atoms. The molecule has 16 heteroatoms. The van der Waals surface area contributed by atoms with Crippen molar-refractivity contribution in [3.8, 4) is 0 Å². The quantitative estimate of drug-likeness (QED) is 0.139. The number of carbonyl (C=O) groups excluding carboxylic acids is 2. The minimum Gasteiger partial charge on any atom is -0.400 e. The Balaban J connectivity index is 0. The summed E-state index contributed by atoms with van der Waals surface area (Å²) in [7, 11) is 1.00. The molecule has 0 atom stereocenters. The van der Waals surface area contributed by atoms with E-state index in [1.807, 2.05) is 84.0 Å². The van der Waals surface area contributed by atoms with E-state index in [0.717, 1.165) is 24.2 Å². The predicted molar refractivity (Wildman–Crippen MR) is 170 cm³/mol. The Kier molecular flexibility index (Phi) is 20.8. The first-order valence-electron chi connectivity index (χ1n) is 13.3. The Hall–Kier alpha value is -4.56. The zero-order valence-electron chi connectivity index (χ0n) is 26.5. The van der Waals surface area contributed by atoms with Crippen LogP contribution in [0.4, 0.5) is 11.6 Å². The van der Waals surface area contributed by atoms with Gasteiger partial charge in [0.25, 0.3) is 0 Å². The maximum Gasteiger partial charge on any atom is 3.00 e. The first-order chi connectivity index (χ1) is 20.7. The van der Waals surface area contributed by atoms with Crippen LogP contribution in [-0.4, -0.2) is 43.9 Å². The molecule has 0 spiro atoms. The van der Waals surface area contributed by atoms with E-state index in [9.17, 15) is 9.59 Å². The number of hydrogen-bond acceptors (Lipinski definition) is 7. The third-order valence-corrected chi connectivity index (χ3v) is 5.34. The predicted octanol–water partition coefficient (Wildman–Crippen LogP) is 6.38. The molecule has 0 saturated heterocycles. The van der Waals surface area contributed by atoms with Crippen molar-refractivity contribution < 1.29 is 31.5 Å². The van der Waals surface area contributed by atoms with Crippen molar-refractivity contribution in [3.63, 3.8) is 0 Å². The summed E-state index contributed by atoms with van der Waals surface area (Å²) in [6.45, 7) is 12.8. The topological polar surface area (TPSA) is 238 Å². The molecule has 3 N–H and O–H groups in total. The number of rotatable bonds is 8. The number of pyridine rings is 3. The van der Waals surface area contributed by atoms with Crippen LogP contribution in [-0.2, 0) is 46.0 Å². The van der Waals surface area contributed by atoms with Crippen molar-refractivity contribution in [2.45, 2.75) is 61.2 Å². The first-order valence-corrected chi connectivity index (χ1v) is 13.3. The van der Waals surface area contributed by atoms with Gasteiger partial charge in [-0.15, -0.1) is 0 Å². The number of amides is 2. The van der Waals surface area contributed by atoms with Gasteiger partial charge < -0.3 is 37.9 Å². The molecule has 0 aliphatic rings. The largest absolute Gasteiger partial charge is 3.00 e. The molecule has 0 saturated carbocycles. The van der Waals surface area contributed by atoms with Crippen LogP contribution >= 0.6 is 0 Å². The van der Waals surface area contributed by atoms with Gasteiger partial charge in [-0.25, -0.2) is 9.97 Å². The number of nitrogens with zero attached hydrogens (tertiary/aromatic N) is 10. The van der Waals surface area contributed by atoms with Crippen molar-refractivity contribution in [2.24, 2.45) is 10.8 Å². The number of hydrogen-bond donors (Lipinski definition) is 3. The maximum atomic E-state index is 12.4. The van der Waals surface area contributed by atoms with Crippen LogP contribution in [0.25, 0.3) is 31.9 Å². The minimum atomic E-state index is -0.512. The molecule has 0 unspecified atom stereocenters. The molecular weight excluding hydrogens is 623 g/mol. The average molecular weight is 664 g/mol. The molecule has 0 aromatic carbocycles. The van der Waals surface area contributed by atoms with Gasteiger partial charge in [-0.3, -0.25) is 29.3 Å². The molecule has 0 fully saturated rings. The van der Waals surface area contributed by atoms with Gasteiger partial charge >= 0.3 is 16.8 Å². The molecule has 0 aliphatic heterocycles. The molecule has 3 aromatic rings. The van der Waals surface area contributed by atoms with Crippen LogP contribution < -0.4 is 10.6 Å². The molecule has 15 nitrogen and oxygen atoms in total. The van der Waals surface area contributed by atoms with E-state index in [-0.39, 0.29) is 28.6 Å².